The van der Waals surface area contributed by atoms with Crippen molar-refractivity contribution in [3.8, 4) is 5.75 Å². The molecule has 20 heavy (non-hydrogen) atoms. The summed E-state index contributed by atoms with van der Waals surface area (Å²) >= 11 is 0. The van der Waals surface area contributed by atoms with E-state index >= 15 is 0 Å². The normalized spacial score (nSPS) is 11.8. The van der Waals surface area contributed by atoms with Gasteiger partial charge in [0.2, 0.25) is 5.91 Å². The zero-order valence-corrected chi connectivity index (χ0v) is 11.6. The van der Waals surface area contributed by atoms with Crippen molar-refractivity contribution in [2.75, 3.05) is 0 Å². The van der Waals surface area contributed by atoms with E-state index in [1.54, 1.807) is 0 Å². The number of rotatable bonds is 6. The van der Waals surface area contributed by atoms with Crippen molar-refractivity contribution in [1.29, 1.82) is 0 Å². The number of carbonyl (C=O) groups is 1. The number of benzene rings is 2. The van der Waals surface area contributed by atoms with Crippen molar-refractivity contribution in [2.24, 2.45) is 5.73 Å². The van der Waals surface area contributed by atoms with Gasteiger partial charge in [0.15, 0.2) is 0 Å². The zero-order chi connectivity index (χ0) is 14.4. The molecule has 3 nitrogen and oxygen atoms in total. The first-order valence-corrected chi connectivity index (χ1v) is 6.76. The molecular formula is C17H19NO2. The average Bonchev–Trinajstić information content (AvgIpc) is 2.47. The second-order valence-corrected chi connectivity index (χ2v) is 4.71. The molecule has 104 valence electrons. The largest absolute Gasteiger partial charge is 0.489 e. The third kappa shape index (κ3) is 3.60. The van der Waals surface area contributed by atoms with Crippen molar-refractivity contribution >= 4 is 5.91 Å². The monoisotopic (exact) mass is 269 g/mol. The first-order valence-electron chi connectivity index (χ1n) is 6.76. The molecule has 0 spiro atoms. The third-order valence-corrected chi connectivity index (χ3v) is 3.26. The van der Waals surface area contributed by atoms with E-state index in [0.717, 1.165) is 16.9 Å². The maximum atomic E-state index is 11.4. The molecule has 0 saturated carbocycles. The van der Waals surface area contributed by atoms with Gasteiger partial charge in [-0.2, -0.15) is 0 Å². The fourth-order valence-corrected chi connectivity index (χ4v) is 2.16. The molecule has 1 unspecified atom stereocenters. The van der Waals surface area contributed by atoms with E-state index in [1.165, 1.54) is 0 Å². The third-order valence-electron chi connectivity index (χ3n) is 3.26. The van der Waals surface area contributed by atoms with E-state index < -0.39 is 0 Å². The van der Waals surface area contributed by atoms with Gasteiger partial charge in [0, 0.05) is 0 Å². The lowest BCUT2D eigenvalue weighted by Crippen LogP contribution is -2.20. The standard InChI is InChI=1S/C17H19NO2/c1-2-16(17(18)19)14-9-6-10-15(11-14)20-12-13-7-4-3-5-8-13/h3-11,16H,2,12H2,1H3,(H2,18,19). The number of primary amides is 1. The van der Waals surface area contributed by atoms with E-state index in [-0.39, 0.29) is 11.8 Å². The average molecular weight is 269 g/mol. The van der Waals surface area contributed by atoms with Crippen LogP contribution in [0.1, 0.15) is 30.4 Å². The van der Waals surface area contributed by atoms with Crippen molar-refractivity contribution in [1.82, 2.24) is 0 Å². The fourth-order valence-electron chi connectivity index (χ4n) is 2.16. The van der Waals surface area contributed by atoms with Gasteiger partial charge >= 0.3 is 0 Å². The van der Waals surface area contributed by atoms with E-state index in [9.17, 15) is 4.79 Å². The van der Waals surface area contributed by atoms with Gasteiger partial charge in [-0.25, -0.2) is 0 Å². The summed E-state index contributed by atoms with van der Waals surface area (Å²) in [5.74, 6) is 0.203. The lowest BCUT2D eigenvalue weighted by atomic mass is 9.96. The van der Waals surface area contributed by atoms with Gasteiger partial charge in [0.05, 0.1) is 5.92 Å². The molecule has 1 amide bonds. The highest BCUT2D eigenvalue weighted by Gasteiger charge is 2.15. The second kappa shape index (κ2) is 6.75. The maximum absolute atomic E-state index is 11.4. The van der Waals surface area contributed by atoms with Crippen LogP contribution in [0.3, 0.4) is 0 Å². The summed E-state index contributed by atoms with van der Waals surface area (Å²) in [6.45, 7) is 2.46. The Bertz CT molecular complexity index is 566. The Labute approximate surface area is 119 Å². The van der Waals surface area contributed by atoms with Crippen LogP contribution in [0.2, 0.25) is 0 Å². The van der Waals surface area contributed by atoms with Crippen LogP contribution in [0.15, 0.2) is 54.6 Å². The van der Waals surface area contributed by atoms with E-state index in [0.29, 0.717) is 13.0 Å². The summed E-state index contributed by atoms with van der Waals surface area (Å²) in [5, 5.41) is 0. The van der Waals surface area contributed by atoms with E-state index in [4.69, 9.17) is 10.5 Å². The Morgan fingerprint density at radius 1 is 1.15 bits per heavy atom. The molecule has 2 rings (SSSR count). The van der Waals surface area contributed by atoms with Gasteiger partial charge in [-0.15, -0.1) is 0 Å². The van der Waals surface area contributed by atoms with Gasteiger partial charge in [0.25, 0.3) is 0 Å². The molecule has 3 heteroatoms. The van der Waals surface area contributed by atoms with Crippen LogP contribution in [0.4, 0.5) is 0 Å². The Hall–Kier alpha value is -2.29. The Kier molecular flexibility index (Phi) is 4.77. The van der Waals surface area contributed by atoms with Gasteiger partial charge in [-0.05, 0) is 29.7 Å². The fraction of sp³-hybridized carbons (Fsp3) is 0.235. The molecule has 0 heterocycles. The number of hydrogen-bond donors (Lipinski definition) is 1. The molecule has 0 fully saturated rings. The highest BCUT2D eigenvalue weighted by atomic mass is 16.5. The van der Waals surface area contributed by atoms with Crippen LogP contribution in [-0.4, -0.2) is 5.91 Å². The second-order valence-electron chi connectivity index (χ2n) is 4.71. The molecule has 0 aliphatic carbocycles. The zero-order valence-electron chi connectivity index (χ0n) is 11.6. The molecule has 0 radical (unpaired) electrons. The highest BCUT2D eigenvalue weighted by molar-refractivity contribution is 5.81. The molecule has 0 saturated heterocycles. The maximum Gasteiger partial charge on any atom is 0.224 e. The Morgan fingerprint density at radius 3 is 2.55 bits per heavy atom. The van der Waals surface area contributed by atoms with Crippen LogP contribution in [-0.2, 0) is 11.4 Å². The molecule has 0 aliphatic heterocycles. The molecular weight excluding hydrogens is 250 g/mol. The van der Waals surface area contributed by atoms with Crippen LogP contribution in [0, 0.1) is 0 Å². The number of carbonyl (C=O) groups excluding carboxylic acids is 1. The predicted molar refractivity (Wildman–Crippen MR) is 79.4 cm³/mol. The Balaban J connectivity index is 2.08. The van der Waals surface area contributed by atoms with Crippen molar-refractivity contribution in [2.45, 2.75) is 25.9 Å². The number of nitrogens with two attached hydrogens (primary N) is 1. The smallest absolute Gasteiger partial charge is 0.224 e. The topological polar surface area (TPSA) is 52.3 Å². The van der Waals surface area contributed by atoms with Crippen molar-refractivity contribution in [3.63, 3.8) is 0 Å². The van der Waals surface area contributed by atoms with Crippen molar-refractivity contribution < 1.29 is 9.53 Å². The van der Waals surface area contributed by atoms with Crippen LogP contribution in [0.5, 0.6) is 5.75 Å². The predicted octanol–water partition coefficient (Wildman–Crippen LogP) is 3.24. The lowest BCUT2D eigenvalue weighted by Gasteiger charge is -2.13. The number of hydrogen-bond acceptors (Lipinski definition) is 2. The van der Waals surface area contributed by atoms with Gasteiger partial charge in [-0.3, -0.25) is 4.79 Å². The summed E-state index contributed by atoms with van der Waals surface area (Å²) in [6, 6.07) is 17.6. The number of amides is 1. The molecule has 0 bridgehead atoms. The van der Waals surface area contributed by atoms with Crippen LogP contribution >= 0.6 is 0 Å². The molecule has 1 atom stereocenters. The first-order chi connectivity index (χ1) is 9.70. The minimum absolute atomic E-state index is 0.254. The summed E-state index contributed by atoms with van der Waals surface area (Å²) in [5.41, 5.74) is 7.43. The Morgan fingerprint density at radius 2 is 1.90 bits per heavy atom. The highest BCUT2D eigenvalue weighted by Crippen LogP contribution is 2.23. The first kappa shape index (κ1) is 14.1. The van der Waals surface area contributed by atoms with Crippen LogP contribution < -0.4 is 10.5 Å². The molecule has 0 aliphatic rings. The summed E-state index contributed by atoms with van der Waals surface area (Å²) < 4.78 is 5.75. The van der Waals surface area contributed by atoms with Crippen LogP contribution in [0.25, 0.3) is 0 Å². The lowest BCUT2D eigenvalue weighted by molar-refractivity contribution is -0.119. The molecule has 0 aromatic heterocycles. The van der Waals surface area contributed by atoms with Gasteiger partial charge < -0.3 is 10.5 Å². The molecule has 2 N–H and O–H groups in total. The van der Waals surface area contributed by atoms with Gasteiger partial charge in [-0.1, -0.05) is 49.4 Å². The molecule has 2 aromatic rings. The van der Waals surface area contributed by atoms with Crippen molar-refractivity contribution in [3.05, 3.63) is 65.7 Å². The SMILES string of the molecule is CCC(C(N)=O)c1cccc(OCc2ccccc2)c1. The summed E-state index contributed by atoms with van der Waals surface area (Å²) in [7, 11) is 0. The molecule has 2 aromatic carbocycles. The summed E-state index contributed by atoms with van der Waals surface area (Å²) in [4.78, 5) is 11.4. The van der Waals surface area contributed by atoms with E-state index in [1.807, 2.05) is 61.5 Å². The minimum atomic E-state index is -0.298. The van der Waals surface area contributed by atoms with Gasteiger partial charge in [0.1, 0.15) is 12.4 Å². The minimum Gasteiger partial charge on any atom is -0.489 e. The summed E-state index contributed by atoms with van der Waals surface area (Å²) in [6.07, 6.45) is 0.692. The van der Waals surface area contributed by atoms with E-state index in [2.05, 4.69) is 0 Å². The quantitative estimate of drug-likeness (QED) is 0.875. The number of ether oxygens (including phenoxy) is 1.